The van der Waals surface area contributed by atoms with E-state index >= 15 is 0 Å². The lowest BCUT2D eigenvalue weighted by Crippen LogP contribution is -2.45. The smallest absolute Gasteiger partial charge is 0.245 e. The number of rotatable bonds is 4. The quantitative estimate of drug-likeness (QED) is 0.891. The fraction of sp³-hybridized carbons (Fsp3) is 0.579. The van der Waals surface area contributed by atoms with Gasteiger partial charge in [0.15, 0.2) is 0 Å². The second-order valence-electron chi connectivity index (χ2n) is 7.09. The number of aliphatic hydroxyl groups is 1. The third kappa shape index (κ3) is 3.79. The number of carbonyl (C=O) groups excluding carboxylic acids is 2. The molecule has 0 radical (unpaired) electrons. The van der Waals surface area contributed by atoms with Crippen LogP contribution in [0.4, 0.5) is 5.69 Å². The summed E-state index contributed by atoms with van der Waals surface area (Å²) in [5.41, 5.74) is 2.31. The number of hydrogen-bond acceptors (Lipinski definition) is 4. The van der Waals surface area contributed by atoms with E-state index in [9.17, 15) is 14.7 Å². The number of amides is 2. The van der Waals surface area contributed by atoms with Crippen molar-refractivity contribution >= 4 is 17.5 Å². The van der Waals surface area contributed by atoms with E-state index in [1.54, 1.807) is 11.9 Å². The van der Waals surface area contributed by atoms with Gasteiger partial charge in [0.2, 0.25) is 11.8 Å². The van der Waals surface area contributed by atoms with Crippen LogP contribution < -0.4 is 4.90 Å². The summed E-state index contributed by atoms with van der Waals surface area (Å²) in [6, 6.07) is 7.64. The molecule has 2 fully saturated rings. The summed E-state index contributed by atoms with van der Waals surface area (Å²) in [5, 5.41) is 9.86. The zero-order chi connectivity index (χ0) is 18.0. The summed E-state index contributed by atoms with van der Waals surface area (Å²) in [7, 11) is 1.77. The van der Waals surface area contributed by atoms with E-state index in [4.69, 9.17) is 0 Å². The fourth-order valence-corrected chi connectivity index (χ4v) is 3.89. The van der Waals surface area contributed by atoms with Crippen molar-refractivity contribution in [1.29, 1.82) is 0 Å². The van der Waals surface area contributed by atoms with Gasteiger partial charge in [-0.25, -0.2) is 0 Å². The standard InChI is InChI=1S/C19H27N3O3/c1-14(23)22-13-16(24)11-18(22)19(25)20(2)12-15-7-3-4-8-17(15)21-9-5-6-10-21/h3-4,7-8,16,18,24H,5-6,9-13H2,1-2H3/t16-,18+/m0/s1. The third-order valence-electron chi connectivity index (χ3n) is 5.19. The van der Waals surface area contributed by atoms with Gasteiger partial charge < -0.3 is 19.8 Å². The van der Waals surface area contributed by atoms with Gasteiger partial charge >= 0.3 is 0 Å². The predicted octanol–water partition coefficient (Wildman–Crippen LogP) is 1.23. The van der Waals surface area contributed by atoms with E-state index in [1.807, 2.05) is 12.1 Å². The first-order chi connectivity index (χ1) is 12.0. The summed E-state index contributed by atoms with van der Waals surface area (Å²) in [4.78, 5) is 30.1. The monoisotopic (exact) mass is 345 g/mol. The highest BCUT2D eigenvalue weighted by Gasteiger charge is 2.38. The maximum atomic E-state index is 12.8. The maximum Gasteiger partial charge on any atom is 0.245 e. The first-order valence-corrected chi connectivity index (χ1v) is 9.00. The van der Waals surface area contributed by atoms with Gasteiger partial charge in [0.05, 0.1) is 6.10 Å². The highest BCUT2D eigenvalue weighted by Crippen LogP contribution is 2.26. The van der Waals surface area contributed by atoms with Crippen molar-refractivity contribution in [1.82, 2.24) is 9.80 Å². The van der Waals surface area contributed by atoms with Gasteiger partial charge in [0.1, 0.15) is 6.04 Å². The number of benzene rings is 1. The zero-order valence-corrected chi connectivity index (χ0v) is 15.0. The van der Waals surface area contributed by atoms with E-state index < -0.39 is 12.1 Å². The van der Waals surface area contributed by atoms with Crippen LogP contribution in [0.3, 0.4) is 0 Å². The minimum atomic E-state index is -0.622. The van der Waals surface area contributed by atoms with Gasteiger partial charge in [-0.2, -0.15) is 0 Å². The Morgan fingerprint density at radius 2 is 1.92 bits per heavy atom. The SMILES string of the molecule is CC(=O)N1C[C@@H](O)C[C@@H]1C(=O)N(C)Cc1ccccc1N1CCCC1. The molecule has 2 atom stereocenters. The first-order valence-electron chi connectivity index (χ1n) is 9.00. The number of likely N-dealkylation sites (tertiary alicyclic amines) is 1. The van der Waals surface area contributed by atoms with Crippen molar-refractivity contribution in [3.05, 3.63) is 29.8 Å². The first kappa shape index (κ1) is 17.7. The Kier molecular flexibility index (Phi) is 5.27. The van der Waals surface area contributed by atoms with Gasteiger partial charge in [-0.1, -0.05) is 18.2 Å². The number of nitrogens with zero attached hydrogens (tertiary/aromatic N) is 3. The van der Waals surface area contributed by atoms with Crippen LogP contribution in [0.15, 0.2) is 24.3 Å². The molecule has 0 spiro atoms. The van der Waals surface area contributed by atoms with Crippen LogP contribution in [0, 0.1) is 0 Å². The number of anilines is 1. The molecule has 136 valence electrons. The van der Waals surface area contributed by atoms with Gasteiger partial charge in [-0.3, -0.25) is 9.59 Å². The topological polar surface area (TPSA) is 64.1 Å². The Hall–Kier alpha value is -2.08. The second-order valence-corrected chi connectivity index (χ2v) is 7.09. The van der Waals surface area contributed by atoms with Crippen LogP contribution in [0.2, 0.25) is 0 Å². The summed E-state index contributed by atoms with van der Waals surface area (Å²) in [6.07, 6.45) is 2.10. The molecular weight excluding hydrogens is 318 g/mol. The molecule has 6 nitrogen and oxygen atoms in total. The Balaban J connectivity index is 1.73. The largest absolute Gasteiger partial charge is 0.391 e. The molecule has 0 aliphatic carbocycles. The van der Waals surface area contributed by atoms with E-state index in [2.05, 4.69) is 17.0 Å². The van der Waals surface area contributed by atoms with Gasteiger partial charge in [-0.15, -0.1) is 0 Å². The molecule has 1 aromatic rings. The number of β-amino-alcohol motifs (C(OH)–C–C–N with tert-alkyl or cyclic N) is 1. The van der Waals surface area contributed by atoms with Gasteiger partial charge in [-0.05, 0) is 24.5 Å². The van der Waals surface area contributed by atoms with Crippen molar-refractivity contribution in [2.75, 3.05) is 31.6 Å². The Bertz CT molecular complexity index is 643. The second kappa shape index (κ2) is 7.44. The van der Waals surface area contributed by atoms with Crippen molar-refractivity contribution in [3.8, 4) is 0 Å². The van der Waals surface area contributed by atoms with E-state index in [0.29, 0.717) is 13.0 Å². The van der Waals surface area contributed by atoms with Crippen LogP contribution in [-0.2, 0) is 16.1 Å². The van der Waals surface area contributed by atoms with Crippen LogP contribution >= 0.6 is 0 Å². The van der Waals surface area contributed by atoms with Crippen LogP contribution in [0.25, 0.3) is 0 Å². The lowest BCUT2D eigenvalue weighted by molar-refractivity contribution is -0.142. The number of carbonyl (C=O) groups is 2. The fourth-order valence-electron chi connectivity index (χ4n) is 3.89. The van der Waals surface area contributed by atoms with Crippen molar-refractivity contribution in [2.24, 2.45) is 0 Å². The molecule has 0 bridgehead atoms. The molecule has 6 heteroatoms. The van der Waals surface area contributed by atoms with E-state index in [0.717, 1.165) is 18.7 Å². The summed E-state index contributed by atoms with van der Waals surface area (Å²) < 4.78 is 0. The van der Waals surface area contributed by atoms with Gasteiger partial charge in [0.25, 0.3) is 0 Å². The molecule has 0 aromatic heterocycles. The summed E-state index contributed by atoms with van der Waals surface area (Å²) >= 11 is 0. The van der Waals surface area contributed by atoms with E-state index in [1.165, 1.54) is 30.4 Å². The average Bonchev–Trinajstić information content (AvgIpc) is 3.24. The minimum absolute atomic E-state index is 0.108. The lowest BCUT2D eigenvalue weighted by atomic mass is 10.1. The molecule has 2 heterocycles. The molecule has 25 heavy (non-hydrogen) atoms. The molecule has 1 aromatic carbocycles. The minimum Gasteiger partial charge on any atom is -0.391 e. The number of aliphatic hydroxyl groups excluding tert-OH is 1. The Morgan fingerprint density at radius 3 is 2.60 bits per heavy atom. The lowest BCUT2D eigenvalue weighted by Gasteiger charge is -2.28. The molecule has 1 N–H and O–H groups in total. The van der Waals surface area contributed by atoms with Crippen LogP contribution in [0.5, 0.6) is 0 Å². The van der Waals surface area contributed by atoms with Gasteiger partial charge in [0, 0.05) is 52.3 Å². The van der Waals surface area contributed by atoms with Crippen LogP contribution in [-0.4, -0.2) is 65.5 Å². The predicted molar refractivity (Wildman–Crippen MR) is 96.2 cm³/mol. The maximum absolute atomic E-state index is 12.8. The zero-order valence-electron chi connectivity index (χ0n) is 15.0. The van der Waals surface area contributed by atoms with Crippen molar-refractivity contribution < 1.29 is 14.7 Å². The Labute approximate surface area is 149 Å². The summed E-state index contributed by atoms with van der Waals surface area (Å²) in [5.74, 6) is -0.274. The molecule has 0 saturated carbocycles. The molecule has 0 unspecified atom stereocenters. The van der Waals surface area contributed by atoms with E-state index in [-0.39, 0.29) is 18.4 Å². The number of para-hydroxylation sites is 1. The molecule has 2 saturated heterocycles. The normalized spacial score (nSPS) is 23.2. The van der Waals surface area contributed by atoms with Crippen LogP contribution in [0.1, 0.15) is 31.7 Å². The average molecular weight is 345 g/mol. The Morgan fingerprint density at radius 1 is 1.24 bits per heavy atom. The number of likely N-dealkylation sites (N-methyl/N-ethyl adjacent to an activating group) is 1. The highest BCUT2D eigenvalue weighted by molar-refractivity contribution is 5.87. The highest BCUT2D eigenvalue weighted by atomic mass is 16.3. The molecule has 3 rings (SSSR count). The molecule has 2 aliphatic rings. The molecular formula is C19H27N3O3. The van der Waals surface area contributed by atoms with Crippen molar-refractivity contribution in [3.63, 3.8) is 0 Å². The number of hydrogen-bond donors (Lipinski definition) is 1. The third-order valence-corrected chi connectivity index (χ3v) is 5.19. The molecule has 2 amide bonds. The van der Waals surface area contributed by atoms with Crippen molar-refractivity contribution in [2.45, 2.75) is 44.9 Å². The summed E-state index contributed by atoms with van der Waals surface area (Å²) in [6.45, 7) is 4.30. The molecule has 2 aliphatic heterocycles.